The third kappa shape index (κ3) is 1.74. The molecule has 0 radical (unpaired) electrons. The average Bonchev–Trinajstić information content (AvgIpc) is 2.30. The van der Waals surface area contributed by atoms with Crippen LogP contribution in [-0.4, -0.2) is 19.9 Å². The molecule has 0 amide bonds. The first-order valence-electron chi connectivity index (χ1n) is 4.49. The molecule has 0 saturated carbocycles. The van der Waals surface area contributed by atoms with Crippen LogP contribution in [0.5, 0.6) is 0 Å². The monoisotopic (exact) mass is 186 g/mol. The fourth-order valence-electron chi connectivity index (χ4n) is 1.13. The topological polar surface area (TPSA) is 51.6 Å². The van der Waals surface area contributed by atoms with Crippen molar-refractivity contribution in [1.82, 2.24) is 19.9 Å². The molecule has 0 N–H and O–H groups in total. The molecule has 0 aliphatic heterocycles. The highest BCUT2D eigenvalue weighted by molar-refractivity contribution is 5.47. The van der Waals surface area contributed by atoms with Gasteiger partial charge in [-0.2, -0.15) is 0 Å². The SMILES string of the molecule is CCc1nccc(-c2ncccn2)n1. The first kappa shape index (κ1) is 8.74. The molecule has 4 nitrogen and oxygen atoms in total. The second-order valence-corrected chi connectivity index (χ2v) is 2.78. The molecule has 0 bridgehead atoms. The Bertz CT molecular complexity index is 413. The molecule has 0 spiro atoms. The number of aromatic nitrogens is 4. The Hall–Kier alpha value is -1.84. The Morgan fingerprint density at radius 3 is 2.57 bits per heavy atom. The van der Waals surface area contributed by atoms with Crippen molar-refractivity contribution >= 4 is 0 Å². The minimum absolute atomic E-state index is 0.643. The number of aryl methyl sites for hydroxylation is 1. The lowest BCUT2D eigenvalue weighted by Gasteiger charge is -1.99. The van der Waals surface area contributed by atoms with E-state index in [0.717, 1.165) is 17.9 Å². The van der Waals surface area contributed by atoms with Crippen LogP contribution in [0.25, 0.3) is 11.5 Å². The van der Waals surface area contributed by atoms with E-state index in [9.17, 15) is 0 Å². The van der Waals surface area contributed by atoms with Gasteiger partial charge in [0, 0.05) is 25.0 Å². The highest BCUT2D eigenvalue weighted by atomic mass is 14.9. The fraction of sp³-hybridized carbons (Fsp3) is 0.200. The molecular weight excluding hydrogens is 176 g/mol. The van der Waals surface area contributed by atoms with Gasteiger partial charge in [-0.15, -0.1) is 0 Å². The van der Waals surface area contributed by atoms with Gasteiger partial charge < -0.3 is 0 Å². The molecular formula is C10H10N4. The summed E-state index contributed by atoms with van der Waals surface area (Å²) in [5, 5.41) is 0. The lowest BCUT2D eigenvalue weighted by atomic mass is 10.3. The van der Waals surface area contributed by atoms with E-state index >= 15 is 0 Å². The predicted molar refractivity (Wildman–Crippen MR) is 52.4 cm³/mol. The van der Waals surface area contributed by atoms with Crippen molar-refractivity contribution in [3.8, 4) is 11.5 Å². The maximum absolute atomic E-state index is 4.33. The summed E-state index contributed by atoms with van der Waals surface area (Å²) in [6.45, 7) is 2.02. The molecule has 2 aromatic rings. The van der Waals surface area contributed by atoms with Gasteiger partial charge in [0.05, 0.1) is 0 Å². The predicted octanol–water partition coefficient (Wildman–Crippen LogP) is 1.50. The highest BCUT2D eigenvalue weighted by Gasteiger charge is 2.02. The second-order valence-electron chi connectivity index (χ2n) is 2.78. The minimum Gasteiger partial charge on any atom is -0.241 e. The molecule has 2 rings (SSSR count). The van der Waals surface area contributed by atoms with Crippen molar-refractivity contribution in [1.29, 1.82) is 0 Å². The number of hydrogen-bond donors (Lipinski definition) is 0. The van der Waals surface area contributed by atoms with E-state index < -0.39 is 0 Å². The zero-order valence-electron chi connectivity index (χ0n) is 7.88. The summed E-state index contributed by atoms with van der Waals surface area (Å²) in [4.78, 5) is 16.7. The first-order chi connectivity index (χ1) is 6.90. The van der Waals surface area contributed by atoms with Gasteiger partial charge in [0.2, 0.25) is 0 Å². The zero-order chi connectivity index (χ0) is 9.80. The molecule has 0 atom stereocenters. The molecule has 0 saturated heterocycles. The van der Waals surface area contributed by atoms with Gasteiger partial charge in [-0.1, -0.05) is 6.92 Å². The Balaban J connectivity index is 2.42. The van der Waals surface area contributed by atoms with Gasteiger partial charge in [0.15, 0.2) is 5.82 Å². The molecule has 4 heteroatoms. The Morgan fingerprint density at radius 2 is 1.86 bits per heavy atom. The number of hydrogen-bond acceptors (Lipinski definition) is 4. The third-order valence-electron chi connectivity index (χ3n) is 1.82. The molecule has 0 unspecified atom stereocenters. The van der Waals surface area contributed by atoms with Crippen LogP contribution in [-0.2, 0) is 6.42 Å². The van der Waals surface area contributed by atoms with E-state index in [1.807, 2.05) is 13.0 Å². The quantitative estimate of drug-likeness (QED) is 0.713. The van der Waals surface area contributed by atoms with Crippen LogP contribution in [0.15, 0.2) is 30.7 Å². The van der Waals surface area contributed by atoms with E-state index in [-0.39, 0.29) is 0 Å². The molecule has 2 heterocycles. The summed E-state index contributed by atoms with van der Waals surface area (Å²) in [6.07, 6.45) is 5.96. The molecule has 0 aliphatic carbocycles. The fourth-order valence-corrected chi connectivity index (χ4v) is 1.13. The van der Waals surface area contributed by atoms with Gasteiger partial charge in [0.1, 0.15) is 11.5 Å². The summed E-state index contributed by atoms with van der Waals surface area (Å²) < 4.78 is 0. The lowest BCUT2D eigenvalue weighted by Crippen LogP contribution is -1.96. The van der Waals surface area contributed by atoms with Crippen molar-refractivity contribution in [3.63, 3.8) is 0 Å². The molecule has 0 fully saturated rings. The largest absolute Gasteiger partial charge is 0.241 e. The number of rotatable bonds is 2. The van der Waals surface area contributed by atoms with Crippen LogP contribution in [0.1, 0.15) is 12.7 Å². The van der Waals surface area contributed by atoms with Crippen LogP contribution >= 0.6 is 0 Å². The van der Waals surface area contributed by atoms with E-state index in [1.54, 1.807) is 24.7 Å². The first-order valence-corrected chi connectivity index (χ1v) is 4.49. The van der Waals surface area contributed by atoms with Crippen LogP contribution in [0, 0.1) is 0 Å². The average molecular weight is 186 g/mol. The van der Waals surface area contributed by atoms with Crippen molar-refractivity contribution < 1.29 is 0 Å². The van der Waals surface area contributed by atoms with Crippen molar-refractivity contribution in [2.45, 2.75) is 13.3 Å². The van der Waals surface area contributed by atoms with Crippen LogP contribution in [0.3, 0.4) is 0 Å². The van der Waals surface area contributed by atoms with Gasteiger partial charge in [-0.25, -0.2) is 19.9 Å². The van der Waals surface area contributed by atoms with Crippen molar-refractivity contribution in [2.75, 3.05) is 0 Å². The lowest BCUT2D eigenvalue weighted by molar-refractivity contribution is 0.935. The Morgan fingerprint density at radius 1 is 1.07 bits per heavy atom. The smallest absolute Gasteiger partial charge is 0.178 e. The number of nitrogens with zero attached hydrogens (tertiary/aromatic N) is 4. The minimum atomic E-state index is 0.643. The summed E-state index contributed by atoms with van der Waals surface area (Å²) in [5.41, 5.74) is 0.775. The van der Waals surface area contributed by atoms with Gasteiger partial charge in [-0.3, -0.25) is 0 Å². The maximum Gasteiger partial charge on any atom is 0.178 e. The summed E-state index contributed by atoms with van der Waals surface area (Å²) in [6, 6.07) is 3.60. The second kappa shape index (κ2) is 3.91. The molecule has 70 valence electrons. The highest BCUT2D eigenvalue weighted by Crippen LogP contribution is 2.09. The van der Waals surface area contributed by atoms with Gasteiger partial charge in [-0.05, 0) is 12.1 Å². The van der Waals surface area contributed by atoms with Crippen LogP contribution in [0.2, 0.25) is 0 Å². The standard InChI is InChI=1S/C10H10N4/c1-2-9-11-7-4-8(14-9)10-12-5-3-6-13-10/h3-7H,2H2,1H3. The van der Waals surface area contributed by atoms with Crippen LogP contribution in [0.4, 0.5) is 0 Å². The molecule has 0 aromatic carbocycles. The van der Waals surface area contributed by atoms with E-state index in [2.05, 4.69) is 19.9 Å². The zero-order valence-corrected chi connectivity index (χ0v) is 7.88. The van der Waals surface area contributed by atoms with Gasteiger partial charge in [0.25, 0.3) is 0 Å². The molecule has 2 aromatic heterocycles. The molecule has 14 heavy (non-hydrogen) atoms. The molecule has 0 aliphatic rings. The van der Waals surface area contributed by atoms with Crippen LogP contribution < -0.4 is 0 Å². The maximum atomic E-state index is 4.33. The third-order valence-corrected chi connectivity index (χ3v) is 1.82. The van der Waals surface area contributed by atoms with E-state index in [1.165, 1.54) is 0 Å². The van der Waals surface area contributed by atoms with E-state index in [0.29, 0.717) is 5.82 Å². The summed E-state index contributed by atoms with van der Waals surface area (Å²) in [7, 11) is 0. The normalized spacial score (nSPS) is 10.1. The van der Waals surface area contributed by atoms with Crippen molar-refractivity contribution in [3.05, 3.63) is 36.5 Å². The Labute approximate surface area is 82.1 Å². The van der Waals surface area contributed by atoms with E-state index in [4.69, 9.17) is 0 Å². The summed E-state index contributed by atoms with van der Waals surface area (Å²) in [5.74, 6) is 1.46. The van der Waals surface area contributed by atoms with Gasteiger partial charge >= 0.3 is 0 Å². The Kier molecular flexibility index (Phi) is 2.44. The van der Waals surface area contributed by atoms with Crippen molar-refractivity contribution in [2.24, 2.45) is 0 Å². The summed E-state index contributed by atoms with van der Waals surface area (Å²) >= 11 is 0.